The fourth-order valence-electron chi connectivity index (χ4n) is 1.35. The Morgan fingerprint density at radius 2 is 2.29 bits per heavy atom. The van der Waals surface area contributed by atoms with Crippen molar-refractivity contribution in [1.29, 1.82) is 0 Å². The number of hydrogen-bond acceptors (Lipinski definition) is 4. The van der Waals surface area contributed by atoms with E-state index in [1.165, 1.54) is 29.0 Å². The van der Waals surface area contributed by atoms with Gasteiger partial charge in [0.1, 0.15) is 11.5 Å². The Labute approximate surface area is 101 Å². The molecule has 1 amide bonds. The first-order chi connectivity index (χ1) is 8.09. The van der Waals surface area contributed by atoms with E-state index >= 15 is 0 Å². The van der Waals surface area contributed by atoms with Gasteiger partial charge in [-0.2, -0.15) is 0 Å². The maximum atomic E-state index is 13.5. The van der Waals surface area contributed by atoms with E-state index in [1.54, 1.807) is 12.3 Å². The van der Waals surface area contributed by atoms with E-state index in [9.17, 15) is 9.18 Å². The summed E-state index contributed by atoms with van der Waals surface area (Å²) in [6.45, 7) is 1.65. The van der Waals surface area contributed by atoms with Crippen LogP contribution in [0.1, 0.15) is 16.1 Å². The zero-order valence-electron chi connectivity index (χ0n) is 9.03. The molecule has 0 bridgehead atoms. The summed E-state index contributed by atoms with van der Waals surface area (Å²) in [5, 5.41) is 4.06. The molecule has 0 atom stereocenters. The van der Waals surface area contributed by atoms with Crippen molar-refractivity contribution in [3.8, 4) is 0 Å². The van der Waals surface area contributed by atoms with Gasteiger partial charge in [-0.1, -0.05) is 0 Å². The highest BCUT2D eigenvalue weighted by molar-refractivity contribution is 7.07. The molecule has 1 aromatic heterocycles. The summed E-state index contributed by atoms with van der Waals surface area (Å²) in [5.74, 6) is -0.959. The van der Waals surface area contributed by atoms with Gasteiger partial charge in [0.2, 0.25) is 0 Å². The average Bonchev–Trinajstić information content (AvgIpc) is 2.83. The fraction of sp³-hybridized carbons (Fsp3) is 0.0909. The number of anilines is 2. The number of nitrogens with one attached hydrogen (secondary N) is 1. The van der Waals surface area contributed by atoms with Crippen molar-refractivity contribution in [2.24, 2.45) is 0 Å². The number of nitrogen functional groups attached to an aromatic ring is 1. The fourth-order valence-corrected chi connectivity index (χ4v) is 1.88. The van der Waals surface area contributed by atoms with Crippen molar-refractivity contribution in [3.63, 3.8) is 0 Å². The maximum Gasteiger partial charge on any atom is 0.275 e. The molecule has 1 heterocycles. The van der Waals surface area contributed by atoms with Gasteiger partial charge in [0.05, 0.1) is 11.2 Å². The van der Waals surface area contributed by atoms with Gasteiger partial charge in [0.15, 0.2) is 0 Å². The highest BCUT2D eigenvalue weighted by Crippen LogP contribution is 2.24. The zero-order valence-corrected chi connectivity index (χ0v) is 9.84. The molecule has 88 valence electrons. The monoisotopic (exact) mass is 251 g/mol. The molecule has 6 heteroatoms. The van der Waals surface area contributed by atoms with Crippen LogP contribution in [0.15, 0.2) is 23.0 Å². The van der Waals surface area contributed by atoms with Crippen LogP contribution in [0, 0.1) is 12.7 Å². The maximum absolute atomic E-state index is 13.5. The molecule has 4 nitrogen and oxygen atoms in total. The minimum absolute atomic E-state index is 0.100. The SMILES string of the molecule is Cc1c(N)ccc(F)c1NC(=O)c1cscn1. The summed E-state index contributed by atoms with van der Waals surface area (Å²) in [5.41, 5.74) is 8.49. The van der Waals surface area contributed by atoms with E-state index in [0.29, 0.717) is 11.3 Å². The molecule has 0 aliphatic carbocycles. The number of carbonyl (C=O) groups is 1. The van der Waals surface area contributed by atoms with Crippen molar-refractivity contribution >= 4 is 28.6 Å². The first kappa shape index (κ1) is 11.5. The van der Waals surface area contributed by atoms with Crippen LogP contribution >= 0.6 is 11.3 Å². The van der Waals surface area contributed by atoms with Gasteiger partial charge in [0, 0.05) is 11.1 Å². The number of nitrogens with two attached hydrogens (primary N) is 1. The van der Waals surface area contributed by atoms with Crippen molar-refractivity contribution in [1.82, 2.24) is 4.98 Å². The standard InChI is InChI=1S/C11H10FN3OS/c1-6-8(13)3-2-7(12)10(6)15-11(16)9-4-17-5-14-9/h2-5H,13H2,1H3,(H,15,16). The molecule has 0 spiro atoms. The number of halogens is 1. The van der Waals surface area contributed by atoms with Crippen molar-refractivity contribution in [2.75, 3.05) is 11.1 Å². The predicted molar refractivity (Wildman–Crippen MR) is 65.6 cm³/mol. The molecule has 3 N–H and O–H groups in total. The predicted octanol–water partition coefficient (Wildman–Crippen LogP) is 2.43. The summed E-state index contributed by atoms with van der Waals surface area (Å²) < 4.78 is 13.5. The molecule has 17 heavy (non-hydrogen) atoms. The van der Waals surface area contributed by atoms with Crippen molar-refractivity contribution in [3.05, 3.63) is 40.1 Å². The molecule has 2 aromatic rings. The van der Waals surface area contributed by atoms with Gasteiger partial charge in [-0.3, -0.25) is 4.79 Å². The minimum Gasteiger partial charge on any atom is -0.398 e. The topological polar surface area (TPSA) is 68.0 Å². The lowest BCUT2D eigenvalue weighted by atomic mass is 10.1. The molecule has 0 fully saturated rings. The Balaban J connectivity index is 2.31. The van der Waals surface area contributed by atoms with E-state index in [-0.39, 0.29) is 11.4 Å². The van der Waals surface area contributed by atoms with Crippen LogP contribution in [-0.4, -0.2) is 10.9 Å². The summed E-state index contributed by atoms with van der Waals surface area (Å²) >= 11 is 1.30. The quantitative estimate of drug-likeness (QED) is 0.805. The first-order valence-electron chi connectivity index (χ1n) is 4.83. The third kappa shape index (κ3) is 2.26. The second-order valence-electron chi connectivity index (χ2n) is 3.46. The Hall–Kier alpha value is -1.95. The normalized spacial score (nSPS) is 10.2. The van der Waals surface area contributed by atoms with Gasteiger partial charge in [-0.15, -0.1) is 11.3 Å². The van der Waals surface area contributed by atoms with E-state index < -0.39 is 11.7 Å². The van der Waals surface area contributed by atoms with Gasteiger partial charge in [-0.05, 0) is 24.6 Å². The molecule has 0 aliphatic heterocycles. The van der Waals surface area contributed by atoms with E-state index in [1.807, 2.05) is 0 Å². The molecule has 2 rings (SSSR count). The van der Waals surface area contributed by atoms with Gasteiger partial charge in [0.25, 0.3) is 5.91 Å². The summed E-state index contributed by atoms with van der Waals surface area (Å²) in [7, 11) is 0. The minimum atomic E-state index is -0.514. The first-order valence-corrected chi connectivity index (χ1v) is 5.78. The Morgan fingerprint density at radius 1 is 1.53 bits per heavy atom. The number of thiazole rings is 1. The van der Waals surface area contributed by atoms with E-state index in [4.69, 9.17) is 5.73 Å². The molecular weight excluding hydrogens is 241 g/mol. The van der Waals surface area contributed by atoms with Gasteiger partial charge in [-0.25, -0.2) is 9.37 Å². The molecule has 0 unspecified atom stereocenters. The van der Waals surface area contributed by atoms with E-state index in [0.717, 1.165) is 0 Å². The van der Waals surface area contributed by atoms with Crippen LogP contribution in [0.4, 0.5) is 15.8 Å². The summed E-state index contributed by atoms with van der Waals surface area (Å²) in [6.07, 6.45) is 0. The van der Waals surface area contributed by atoms with Crippen LogP contribution in [-0.2, 0) is 0 Å². The Morgan fingerprint density at radius 3 is 2.94 bits per heavy atom. The largest absolute Gasteiger partial charge is 0.398 e. The Bertz CT molecular complexity index is 554. The lowest BCUT2D eigenvalue weighted by Gasteiger charge is -2.10. The van der Waals surface area contributed by atoms with Crippen LogP contribution in [0.5, 0.6) is 0 Å². The smallest absolute Gasteiger partial charge is 0.275 e. The number of aromatic nitrogens is 1. The molecule has 0 saturated heterocycles. The van der Waals surface area contributed by atoms with Crippen molar-refractivity contribution < 1.29 is 9.18 Å². The second kappa shape index (κ2) is 4.50. The molecule has 0 saturated carbocycles. The number of rotatable bonds is 2. The van der Waals surface area contributed by atoms with Crippen LogP contribution in [0.2, 0.25) is 0 Å². The third-order valence-electron chi connectivity index (χ3n) is 2.36. The molecule has 0 radical (unpaired) electrons. The van der Waals surface area contributed by atoms with Crippen LogP contribution < -0.4 is 11.1 Å². The van der Waals surface area contributed by atoms with Crippen LogP contribution in [0.25, 0.3) is 0 Å². The van der Waals surface area contributed by atoms with Crippen LogP contribution in [0.3, 0.4) is 0 Å². The van der Waals surface area contributed by atoms with E-state index in [2.05, 4.69) is 10.3 Å². The molecule has 1 aromatic carbocycles. The van der Waals surface area contributed by atoms with Gasteiger partial charge >= 0.3 is 0 Å². The third-order valence-corrected chi connectivity index (χ3v) is 2.95. The van der Waals surface area contributed by atoms with Crippen molar-refractivity contribution in [2.45, 2.75) is 6.92 Å². The van der Waals surface area contributed by atoms with Gasteiger partial charge < -0.3 is 11.1 Å². The highest BCUT2D eigenvalue weighted by Gasteiger charge is 2.14. The Kier molecular flexibility index (Phi) is 3.06. The molecular formula is C11H10FN3OS. The lowest BCUT2D eigenvalue weighted by Crippen LogP contribution is -2.14. The number of benzene rings is 1. The number of nitrogens with zero attached hydrogens (tertiary/aromatic N) is 1. The second-order valence-corrected chi connectivity index (χ2v) is 4.18. The number of amides is 1. The number of carbonyl (C=O) groups excluding carboxylic acids is 1. The highest BCUT2D eigenvalue weighted by atomic mass is 32.1. The average molecular weight is 251 g/mol. The summed E-state index contributed by atoms with van der Waals surface area (Å²) in [6, 6.07) is 2.68. The number of hydrogen-bond donors (Lipinski definition) is 2. The zero-order chi connectivity index (χ0) is 12.4. The molecule has 0 aliphatic rings. The lowest BCUT2D eigenvalue weighted by molar-refractivity contribution is 0.102. The summed E-state index contributed by atoms with van der Waals surface area (Å²) in [4.78, 5) is 15.6.